The first-order chi connectivity index (χ1) is 14.3. The van der Waals surface area contributed by atoms with Crippen LogP contribution in [-0.2, 0) is 6.54 Å². The van der Waals surface area contributed by atoms with E-state index in [1.807, 2.05) is 0 Å². The van der Waals surface area contributed by atoms with Crippen LogP contribution in [0.1, 0.15) is 21.5 Å². The molecule has 156 valence electrons. The van der Waals surface area contributed by atoms with E-state index >= 15 is 0 Å². The molecule has 0 spiro atoms. The molecular weight excluding hydrogens is 412 g/mol. The van der Waals surface area contributed by atoms with E-state index in [4.69, 9.17) is 21.1 Å². The smallest absolute Gasteiger partial charge is 0.342 e. The molecule has 0 atom stereocenters. The Morgan fingerprint density at radius 3 is 2.43 bits per heavy atom. The second-order valence-corrected chi connectivity index (χ2v) is 6.86. The second-order valence-electron chi connectivity index (χ2n) is 6.46. The third-order valence-corrected chi connectivity index (χ3v) is 5.16. The maximum absolute atomic E-state index is 13.1. The quantitative estimate of drug-likeness (QED) is 0.645. The molecule has 0 amide bonds. The van der Waals surface area contributed by atoms with E-state index in [1.54, 1.807) is 37.3 Å². The highest BCUT2D eigenvalue weighted by Crippen LogP contribution is 2.28. The lowest BCUT2D eigenvalue weighted by Crippen LogP contribution is -2.42. The molecular formula is C21H19ClN2O6. The minimum Gasteiger partial charge on any atom is -0.493 e. The van der Waals surface area contributed by atoms with Crippen molar-refractivity contribution in [2.24, 2.45) is 0 Å². The second kappa shape index (κ2) is 8.46. The summed E-state index contributed by atoms with van der Waals surface area (Å²) in [5, 5.41) is 9.99. The van der Waals surface area contributed by atoms with Gasteiger partial charge in [0.15, 0.2) is 11.5 Å². The average Bonchev–Trinajstić information content (AvgIpc) is 2.73. The van der Waals surface area contributed by atoms with Crippen LogP contribution in [0.4, 0.5) is 0 Å². The van der Waals surface area contributed by atoms with Crippen molar-refractivity contribution in [1.29, 1.82) is 0 Å². The number of ether oxygens (including phenoxy) is 2. The number of aromatic nitrogens is 2. The zero-order valence-corrected chi connectivity index (χ0v) is 17.3. The fourth-order valence-electron chi connectivity index (χ4n) is 3.04. The zero-order valence-electron chi connectivity index (χ0n) is 16.5. The van der Waals surface area contributed by atoms with Crippen molar-refractivity contribution in [2.75, 3.05) is 14.2 Å². The maximum atomic E-state index is 13.1. The number of aromatic carboxylic acids is 1. The highest BCUT2D eigenvalue weighted by molar-refractivity contribution is 6.31. The lowest BCUT2D eigenvalue weighted by atomic mass is 10.1. The molecule has 0 unspecified atom stereocenters. The Labute approximate surface area is 176 Å². The van der Waals surface area contributed by atoms with Gasteiger partial charge in [-0.1, -0.05) is 23.7 Å². The van der Waals surface area contributed by atoms with Crippen LogP contribution in [0.5, 0.6) is 11.5 Å². The largest absolute Gasteiger partial charge is 0.493 e. The molecule has 2 aromatic carbocycles. The maximum Gasteiger partial charge on any atom is 0.342 e. The molecule has 0 saturated heterocycles. The summed E-state index contributed by atoms with van der Waals surface area (Å²) in [5.74, 6) is -0.649. The van der Waals surface area contributed by atoms with Gasteiger partial charge in [-0.05, 0) is 36.2 Å². The minimum absolute atomic E-state index is 0.127. The molecule has 0 aliphatic carbocycles. The van der Waals surface area contributed by atoms with Crippen molar-refractivity contribution in [2.45, 2.75) is 13.5 Å². The van der Waals surface area contributed by atoms with Crippen LogP contribution in [0.3, 0.4) is 0 Å². The molecule has 3 aromatic rings. The van der Waals surface area contributed by atoms with Gasteiger partial charge < -0.3 is 14.6 Å². The number of carbonyl (C=O) groups is 1. The van der Waals surface area contributed by atoms with Gasteiger partial charge in [-0.3, -0.25) is 13.9 Å². The third kappa shape index (κ3) is 3.81. The van der Waals surface area contributed by atoms with Gasteiger partial charge in [0.2, 0.25) is 0 Å². The summed E-state index contributed by atoms with van der Waals surface area (Å²) in [6.45, 7) is 1.63. The van der Waals surface area contributed by atoms with Crippen LogP contribution in [-0.4, -0.2) is 34.4 Å². The van der Waals surface area contributed by atoms with Crippen molar-refractivity contribution in [3.8, 4) is 17.2 Å². The highest BCUT2D eigenvalue weighted by Gasteiger charge is 2.19. The standard InChI is InChI=1S/C21H19ClN2O6/c1-12-13(5-4-6-16(12)22)10-24-19(25)15(20(26)27)11-23(21(24)28)14-7-8-17(29-2)18(9-14)30-3/h4-9,11H,10H2,1-3H3,(H,26,27). The number of carboxylic acid groups (broad SMARTS) is 1. The summed E-state index contributed by atoms with van der Waals surface area (Å²) < 4.78 is 12.4. The van der Waals surface area contributed by atoms with Crippen LogP contribution in [0, 0.1) is 6.92 Å². The first kappa shape index (κ1) is 21.2. The number of carboxylic acids is 1. The lowest BCUT2D eigenvalue weighted by Gasteiger charge is -2.15. The Balaban J connectivity index is 2.26. The van der Waals surface area contributed by atoms with Crippen LogP contribution in [0.15, 0.2) is 52.2 Å². The molecule has 8 nitrogen and oxygen atoms in total. The fraction of sp³-hybridized carbons (Fsp3) is 0.190. The molecule has 1 N–H and O–H groups in total. The van der Waals surface area contributed by atoms with E-state index in [2.05, 4.69) is 0 Å². The van der Waals surface area contributed by atoms with E-state index < -0.39 is 22.8 Å². The first-order valence-electron chi connectivity index (χ1n) is 8.84. The van der Waals surface area contributed by atoms with Crippen molar-refractivity contribution >= 4 is 17.6 Å². The van der Waals surface area contributed by atoms with Crippen molar-refractivity contribution < 1.29 is 19.4 Å². The molecule has 0 saturated carbocycles. The number of halogens is 1. The summed E-state index contributed by atoms with van der Waals surface area (Å²) in [7, 11) is 2.91. The number of nitrogens with zero attached hydrogens (tertiary/aromatic N) is 2. The Morgan fingerprint density at radius 2 is 1.80 bits per heavy atom. The lowest BCUT2D eigenvalue weighted by molar-refractivity contribution is 0.0693. The van der Waals surface area contributed by atoms with Gasteiger partial charge in [0.05, 0.1) is 26.5 Å². The molecule has 0 aliphatic heterocycles. The van der Waals surface area contributed by atoms with E-state index in [9.17, 15) is 19.5 Å². The van der Waals surface area contributed by atoms with Crippen molar-refractivity contribution in [3.63, 3.8) is 0 Å². The molecule has 9 heteroatoms. The van der Waals surface area contributed by atoms with Crippen LogP contribution >= 0.6 is 11.6 Å². The molecule has 0 bridgehead atoms. The number of methoxy groups -OCH3 is 2. The van der Waals surface area contributed by atoms with Gasteiger partial charge in [-0.2, -0.15) is 0 Å². The molecule has 3 rings (SSSR count). The molecule has 0 aliphatic rings. The molecule has 1 aromatic heterocycles. The summed E-state index contributed by atoms with van der Waals surface area (Å²) in [6.07, 6.45) is 1.01. The van der Waals surface area contributed by atoms with Crippen molar-refractivity contribution in [3.05, 3.63) is 85.1 Å². The van der Waals surface area contributed by atoms with Gasteiger partial charge >= 0.3 is 11.7 Å². The van der Waals surface area contributed by atoms with Crippen LogP contribution in [0.2, 0.25) is 5.02 Å². The van der Waals surface area contributed by atoms with E-state index in [-0.39, 0.29) is 6.54 Å². The van der Waals surface area contributed by atoms with Crippen LogP contribution < -0.4 is 20.7 Å². The molecule has 1 heterocycles. The topological polar surface area (TPSA) is 99.8 Å². The summed E-state index contributed by atoms with van der Waals surface area (Å²) >= 11 is 6.14. The Morgan fingerprint density at radius 1 is 1.10 bits per heavy atom. The van der Waals surface area contributed by atoms with Gasteiger partial charge in [-0.15, -0.1) is 0 Å². The number of hydrogen-bond donors (Lipinski definition) is 1. The fourth-order valence-corrected chi connectivity index (χ4v) is 3.24. The first-order valence-corrected chi connectivity index (χ1v) is 9.22. The minimum atomic E-state index is -1.44. The van der Waals surface area contributed by atoms with E-state index in [0.29, 0.717) is 33.3 Å². The highest BCUT2D eigenvalue weighted by atomic mass is 35.5. The molecule has 0 fully saturated rings. The molecule has 0 radical (unpaired) electrons. The number of benzene rings is 2. The zero-order chi connectivity index (χ0) is 22.0. The van der Waals surface area contributed by atoms with Crippen LogP contribution in [0.25, 0.3) is 5.69 Å². The van der Waals surface area contributed by atoms with Gasteiger partial charge in [0, 0.05) is 17.3 Å². The normalized spacial score (nSPS) is 10.7. The van der Waals surface area contributed by atoms with Gasteiger partial charge in [-0.25, -0.2) is 9.59 Å². The predicted octanol–water partition coefficient (Wildman–Crippen LogP) is 2.72. The van der Waals surface area contributed by atoms with Gasteiger partial charge in [0.1, 0.15) is 5.56 Å². The van der Waals surface area contributed by atoms with E-state index in [1.165, 1.54) is 20.3 Å². The summed E-state index contributed by atoms with van der Waals surface area (Å²) in [6, 6.07) is 9.78. The monoisotopic (exact) mass is 430 g/mol. The number of hydrogen-bond acceptors (Lipinski definition) is 5. The SMILES string of the molecule is COc1ccc(-n2cc(C(=O)O)c(=O)n(Cc3cccc(Cl)c3C)c2=O)cc1OC. The third-order valence-electron chi connectivity index (χ3n) is 4.75. The Kier molecular flexibility index (Phi) is 5.98. The van der Waals surface area contributed by atoms with Gasteiger partial charge in [0.25, 0.3) is 5.56 Å². The predicted molar refractivity (Wildman–Crippen MR) is 112 cm³/mol. The summed E-state index contributed by atoms with van der Waals surface area (Å²) in [5.41, 5.74) is -0.493. The Hall–Kier alpha value is -3.52. The number of rotatable bonds is 6. The van der Waals surface area contributed by atoms with E-state index in [0.717, 1.165) is 15.3 Å². The molecule has 30 heavy (non-hydrogen) atoms. The average molecular weight is 431 g/mol. The van der Waals surface area contributed by atoms with Crippen molar-refractivity contribution in [1.82, 2.24) is 9.13 Å². The Bertz CT molecular complexity index is 1250. The summed E-state index contributed by atoms with van der Waals surface area (Å²) in [4.78, 5) is 37.5.